The summed E-state index contributed by atoms with van der Waals surface area (Å²) in [5.41, 5.74) is 1.03. The van der Waals surface area contributed by atoms with Crippen LogP contribution in [-0.4, -0.2) is 43.9 Å². The molecule has 28 heavy (non-hydrogen) atoms. The first-order valence-corrected chi connectivity index (χ1v) is 13.0. The van der Waals surface area contributed by atoms with E-state index in [0.29, 0.717) is 12.8 Å². The minimum Gasteiger partial charge on any atom is -0.447 e. The van der Waals surface area contributed by atoms with Crippen LogP contribution < -0.4 is 0 Å². The first kappa shape index (κ1) is 21.1. The van der Waals surface area contributed by atoms with Gasteiger partial charge in [-0.15, -0.1) is 0 Å². The van der Waals surface area contributed by atoms with Gasteiger partial charge in [0.25, 0.3) is 0 Å². The molecule has 1 aromatic carbocycles. The predicted octanol–water partition coefficient (Wildman–Crippen LogP) is 5.01. The zero-order chi connectivity index (χ0) is 22.0. The molecule has 156 valence electrons. The van der Waals surface area contributed by atoms with Crippen LogP contribution in [0.1, 0.15) is 48.0 Å². The van der Waals surface area contributed by atoms with E-state index in [1.54, 1.807) is 6.92 Å². The van der Waals surface area contributed by atoms with Gasteiger partial charge in [0.15, 0.2) is 8.32 Å². The van der Waals surface area contributed by atoms with Gasteiger partial charge in [-0.1, -0.05) is 65.0 Å². The SMILES string of the molecule is [2H][13C@](CC)(O[Si](C)(C)C(C)(C)C)[13C@@H](C)C(=O)N1C(=O)OC[C@H]1Cc1ccccc1. The number of benzene rings is 1. The Bertz CT molecular complexity index is 734. The number of rotatable bonds is 7. The molecule has 5 nitrogen and oxygen atoms in total. The lowest BCUT2D eigenvalue weighted by Crippen LogP contribution is -2.50. The van der Waals surface area contributed by atoms with E-state index in [4.69, 9.17) is 10.5 Å². The summed E-state index contributed by atoms with van der Waals surface area (Å²) in [7, 11) is -2.28. The van der Waals surface area contributed by atoms with Gasteiger partial charge in [-0.3, -0.25) is 4.79 Å². The van der Waals surface area contributed by atoms with Crippen molar-refractivity contribution in [3.63, 3.8) is 0 Å². The zero-order valence-electron chi connectivity index (χ0n) is 19.2. The summed E-state index contributed by atoms with van der Waals surface area (Å²) in [4.78, 5) is 26.9. The van der Waals surface area contributed by atoms with E-state index in [1.807, 2.05) is 37.3 Å². The molecule has 1 saturated heterocycles. The number of cyclic esters (lactones) is 1. The minimum atomic E-state index is -2.28. The monoisotopic (exact) mass is 408 g/mol. The highest BCUT2D eigenvalue weighted by Gasteiger charge is 2.44. The molecule has 0 aromatic heterocycles. The van der Waals surface area contributed by atoms with Crippen LogP contribution in [0.4, 0.5) is 4.79 Å². The molecule has 1 aromatic rings. The zero-order valence-corrected chi connectivity index (χ0v) is 19.2. The number of amides is 2. The van der Waals surface area contributed by atoms with Crippen molar-refractivity contribution in [2.75, 3.05) is 6.61 Å². The van der Waals surface area contributed by atoms with Crippen LogP contribution >= 0.6 is 0 Å². The van der Waals surface area contributed by atoms with E-state index in [0.717, 1.165) is 5.56 Å². The van der Waals surface area contributed by atoms with E-state index >= 15 is 0 Å². The lowest BCUT2D eigenvalue weighted by Gasteiger charge is -2.41. The molecule has 1 aliphatic rings. The quantitative estimate of drug-likeness (QED) is 0.470. The smallest absolute Gasteiger partial charge is 0.416 e. The van der Waals surface area contributed by atoms with Gasteiger partial charge in [0.2, 0.25) is 5.91 Å². The van der Waals surface area contributed by atoms with Crippen molar-refractivity contribution < 1.29 is 20.1 Å². The Kier molecular flexibility index (Phi) is 6.60. The molecule has 0 radical (unpaired) electrons. The predicted molar refractivity (Wildman–Crippen MR) is 114 cm³/mol. The highest BCUT2D eigenvalue weighted by Crippen LogP contribution is 2.38. The first-order chi connectivity index (χ1) is 13.3. The van der Waals surface area contributed by atoms with Crippen LogP contribution in [0.2, 0.25) is 18.1 Å². The third-order valence-corrected chi connectivity index (χ3v) is 10.3. The Morgan fingerprint density at radius 2 is 1.96 bits per heavy atom. The van der Waals surface area contributed by atoms with Crippen molar-refractivity contribution in [2.45, 2.75) is 77.7 Å². The molecule has 0 aliphatic carbocycles. The summed E-state index contributed by atoms with van der Waals surface area (Å²) in [6.07, 6.45) is -1.13. The maximum Gasteiger partial charge on any atom is 0.416 e. The number of carbonyl (C=O) groups is 2. The number of hydrogen-bond acceptors (Lipinski definition) is 4. The fraction of sp³-hybridized carbons (Fsp3) is 0.636. The summed E-state index contributed by atoms with van der Waals surface area (Å²) in [5, 5.41) is -0.0837. The molecule has 0 spiro atoms. The molecular formula is C22H35NO4Si. The van der Waals surface area contributed by atoms with Crippen molar-refractivity contribution in [1.82, 2.24) is 4.90 Å². The largest absolute Gasteiger partial charge is 0.447 e. The highest BCUT2D eigenvalue weighted by molar-refractivity contribution is 6.74. The number of hydrogen-bond donors (Lipinski definition) is 0. The molecule has 0 N–H and O–H groups in total. The standard InChI is InChI=1S/C22H35NO4Si/c1-8-19(27-28(6,7)22(3,4)5)16(2)20(24)23-18(15-26-21(23)25)14-17-12-10-9-11-13-17/h9-13,16,18-19H,8,14-15H2,1-7H3/t16-,18-,19-/m1/s1/i16+1,19+1D. The van der Waals surface area contributed by atoms with Crippen molar-refractivity contribution >= 4 is 20.3 Å². The summed E-state index contributed by atoms with van der Waals surface area (Å²) in [5.74, 6) is -1.19. The van der Waals surface area contributed by atoms with Crippen LogP contribution in [0.5, 0.6) is 0 Å². The molecule has 0 saturated carbocycles. The molecule has 0 unspecified atom stereocenters. The Labute approximate surface area is 171 Å². The second-order valence-electron chi connectivity index (χ2n) is 9.03. The topological polar surface area (TPSA) is 55.8 Å². The number of imide groups is 1. The van der Waals surface area contributed by atoms with Gasteiger partial charge < -0.3 is 9.16 Å². The number of ether oxygens (including phenoxy) is 1. The molecule has 2 amide bonds. The summed E-state index contributed by atoms with van der Waals surface area (Å²) >= 11 is 0. The average Bonchev–Trinajstić information content (AvgIpc) is 3.00. The second kappa shape index (κ2) is 8.78. The average molecular weight is 409 g/mol. The van der Waals surface area contributed by atoms with E-state index in [1.165, 1.54) is 4.90 Å². The Hall–Kier alpha value is -1.66. The highest BCUT2D eigenvalue weighted by atomic mass is 28.4. The maximum atomic E-state index is 13.3. The van der Waals surface area contributed by atoms with Crippen molar-refractivity contribution in [3.05, 3.63) is 35.9 Å². The Morgan fingerprint density at radius 1 is 1.36 bits per heavy atom. The van der Waals surface area contributed by atoms with Crippen LogP contribution in [0.3, 0.4) is 0 Å². The van der Waals surface area contributed by atoms with Crippen LogP contribution in [-0.2, 0) is 20.4 Å². The van der Waals surface area contributed by atoms with Gasteiger partial charge in [0.1, 0.15) is 6.61 Å². The Morgan fingerprint density at radius 3 is 2.50 bits per heavy atom. The van der Waals surface area contributed by atoms with Gasteiger partial charge in [-0.2, -0.15) is 0 Å². The van der Waals surface area contributed by atoms with E-state index < -0.39 is 32.3 Å². The lowest BCUT2D eigenvalue weighted by atomic mass is 10.1. The fourth-order valence-electron chi connectivity index (χ4n) is 3.06. The summed E-state index contributed by atoms with van der Waals surface area (Å²) < 4.78 is 20.5. The number of carbonyl (C=O) groups excluding carboxylic acids is 2. The minimum absolute atomic E-state index is 0.0837. The second-order valence-corrected chi connectivity index (χ2v) is 13.8. The number of nitrogens with zero attached hydrogens (tertiary/aromatic N) is 1. The van der Waals surface area contributed by atoms with E-state index in [-0.39, 0.29) is 17.7 Å². The van der Waals surface area contributed by atoms with Crippen LogP contribution in [0, 0.1) is 5.92 Å². The fourth-order valence-corrected chi connectivity index (χ4v) is 4.34. The molecule has 6 heteroatoms. The van der Waals surface area contributed by atoms with Crippen molar-refractivity contribution in [3.8, 4) is 0 Å². The molecule has 0 bridgehead atoms. The van der Waals surface area contributed by atoms with Crippen LogP contribution in [0.15, 0.2) is 30.3 Å². The van der Waals surface area contributed by atoms with Gasteiger partial charge >= 0.3 is 6.09 Å². The van der Waals surface area contributed by atoms with Crippen LogP contribution in [0.25, 0.3) is 0 Å². The van der Waals surface area contributed by atoms with Crippen molar-refractivity contribution in [1.29, 1.82) is 0 Å². The first-order valence-electron chi connectivity index (χ1n) is 10.6. The molecule has 1 aliphatic heterocycles. The van der Waals surface area contributed by atoms with Gasteiger partial charge in [0.05, 0.1) is 19.4 Å². The maximum absolute atomic E-state index is 13.3. The van der Waals surface area contributed by atoms with Gasteiger partial charge in [-0.25, -0.2) is 9.69 Å². The molecule has 2 rings (SSSR count). The van der Waals surface area contributed by atoms with Gasteiger partial charge in [-0.05, 0) is 36.5 Å². The van der Waals surface area contributed by atoms with E-state index in [2.05, 4.69) is 33.9 Å². The molecule has 3 atom stereocenters. The van der Waals surface area contributed by atoms with Crippen molar-refractivity contribution in [2.24, 2.45) is 5.92 Å². The summed E-state index contributed by atoms with van der Waals surface area (Å²) in [6.45, 7) is 14.2. The molecule has 1 heterocycles. The lowest BCUT2D eigenvalue weighted by molar-refractivity contribution is -0.136. The molecular weight excluding hydrogens is 372 g/mol. The normalized spacial score (nSPS) is 21.7. The third kappa shape index (κ3) is 5.03. The summed E-state index contributed by atoms with van der Waals surface area (Å²) in [6, 6.07) is 9.36. The van der Waals surface area contributed by atoms with Gasteiger partial charge in [0, 0.05) is 0 Å². The van der Waals surface area contributed by atoms with E-state index in [9.17, 15) is 9.59 Å². The third-order valence-electron chi connectivity index (χ3n) is 5.91. The molecule has 1 fully saturated rings. The Balaban J connectivity index is 2.23.